The molecule has 0 spiro atoms. The van der Waals surface area contributed by atoms with Gasteiger partial charge >= 0.3 is 51.4 Å². The summed E-state index contributed by atoms with van der Waals surface area (Å²) in [5.41, 5.74) is 0.839. The van der Waals surface area contributed by atoms with Crippen LogP contribution >= 0.6 is 11.6 Å². The summed E-state index contributed by atoms with van der Waals surface area (Å²) in [6.07, 6.45) is 6.29. The Kier molecular flexibility index (Phi) is 6.82. The summed E-state index contributed by atoms with van der Waals surface area (Å²) >= 11 is 5.74. The Balaban J connectivity index is 0.00000132. The molecular formula is C14H16ClFKN3O2. The molecule has 1 atom stereocenters. The molecule has 114 valence electrons. The summed E-state index contributed by atoms with van der Waals surface area (Å²) in [6, 6.07) is 1.16. The summed E-state index contributed by atoms with van der Waals surface area (Å²) in [6.45, 7) is 0.722. The van der Waals surface area contributed by atoms with Gasteiger partial charge in [-0.2, -0.15) is 5.10 Å². The summed E-state index contributed by atoms with van der Waals surface area (Å²) < 4.78 is 26.6. The maximum Gasteiger partial charge on any atom is 1.00 e. The Morgan fingerprint density at radius 3 is 3.00 bits per heavy atom. The van der Waals surface area contributed by atoms with Gasteiger partial charge in [-0.1, -0.05) is 11.6 Å². The minimum absolute atomic E-state index is 0. The SMILES string of the molecule is COc1nc(Cl)cc(F)c1-c1cnn(C2CCCCO2)c1.[H-].[K+]. The van der Waals surface area contributed by atoms with E-state index in [1.807, 2.05) is 0 Å². The fraction of sp³-hybridized carbons (Fsp3) is 0.429. The number of pyridine rings is 1. The van der Waals surface area contributed by atoms with Crippen molar-refractivity contribution in [2.45, 2.75) is 25.5 Å². The average Bonchev–Trinajstić information content (AvgIpc) is 2.96. The molecule has 1 aliphatic heterocycles. The Labute approximate surface area is 177 Å². The van der Waals surface area contributed by atoms with E-state index < -0.39 is 5.82 Å². The van der Waals surface area contributed by atoms with E-state index in [-0.39, 0.29) is 75.6 Å². The van der Waals surface area contributed by atoms with Crippen molar-refractivity contribution in [3.05, 3.63) is 29.4 Å². The van der Waals surface area contributed by atoms with Gasteiger partial charge in [0.25, 0.3) is 0 Å². The first kappa shape index (κ1) is 18.3. The molecular weight excluding hydrogens is 336 g/mol. The molecule has 3 rings (SSSR count). The smallest absolute Gasteiger partial charge is 1.00 e. The van der Waals surface area contributed by atoms with E-state index in [1.54, 1.807) is 17.1 Å². The molecule has 3 heterocycles. The molecule has 0 aliphatic carbocycles. The summed E-state index contributed by atoms with van der Waals surface area (Å²) in [5, 5.41) is 4.32. The number of hydrogen-bond acceptors (Lipinski definition) is 4. The van der Waals surface area contributed by atoms with Crippen LogP contribution in [0.2, 0.25) is 5.15 Å². The van der Waals surface area contributed by atoms with Gasteiger partial charge in [0.05, 0.1) is 18.9 Å². The second-order valence-electron chi connectivity index (χ2n) is 4.84. The van der Waals surface area contributed by atoms with Gasteiger partial charge in [0.2, 0.25) is 5.88 Å². The van der Waals surface area contributed by atoms with Crippen molar-refractivity contribution in [1.82, 2.24) is 14.8 Å². The Morgan fingerprint density at radius 1 is 1.50 bits per heavy atom. The van der Waals surface area contributed by atoms with Crippen LogP contribution in [-0.4, -0.2) is 28.5 Å². The normalized spacial score (nSPS) is 17.9. The number of halogens is 2. The van der Waals surface area contributed by atoms with E-state index in [2.05, 4.69) is 10.1 Å². The predicted molar refractivity (Wildman–Crippen MR) is 76.9 cm³/mol. The molecule has 2 aromatic heterocycles. The van der Waals surface area contributed by atoms with Crippen molar-refractivity contribution in [1.29, 1.82) is 0 Å². The molecule has 0 amide bonds. The third-order valence-electron chi connectivity index (χ3n) is 3.44. The molecule has 8 heteroatoms. The monoisotopic (exact) mass is 351 g/mol. The van der Waals surface area contributed by atoms with Crippen LogP contribution in [0, 0.1) is 5.82 Å². The molecule has 5 nitrogen and oxygen atoms in total. The number of nitrogens with zero attached hydrogens (tertiary/aromatic N) is 3. The molecule has 1 fully saturated rings. The van der Waals surface area contributed by atoms with Crippen LogP contribution in [0.3, 0.4) is 0 Å². The summed E-state index contributed by atoms with van der Waals surface area (Å²) in [7, 11) is 1.43. The fourth-order valence-corrected chi connectivity index (χ4v) is 2.60. The van der Waals surface area contributed by atoms with Crippen LogP contribution in [-0.2, 0) is 4.74 Å². The topological polar surface area (TPSA) is 49.2 Å². The van der Waals surface area contributed by atoms with Crippen LogP contribution in [0.4, 0.5) is 4.39 Å². The van der Waals surface area contributed by atoms with Crippen LogP contribution in [0.15, 0.2) is 18.5 Å². The molecule has 0 N–H and O–H groups in total. The van der Waals surface area contributed by atoms with Gasteiger partial charge in [-0.25, -0.2) is 14.1 Å². The van der Waals surface area contributed by atoms with Crippen molar-refractivity contribution in [2.75, 3.05) is 13.7 Å². The van der Waals surface area contributed by atoms with Crippen LogP contribution in [0.25, 0.3) is 11.1 Å². The first-order chi connectivity index (χ1) is 10.2. The number of methoxy groups -OCH3 is 1. The Morgan fingerprint density at radius 2 is 2.32 bits per heavy atom. The van der Waals surface area contributed by atoms with Gasteiger partial charge in [0, 0.05) is 24.4 Å². The first-order valence-corrected chi connectivity index (χ1v) is 7.13. The predicted octanol–water partition coefficient (Wildman–Crippen LogP) is 0.562. The number of hydrogen-bond donors (Lipinski definition) is 0. The van der Waals surface area contributed by atoms with Crippen LogP contribution in [0.5, 0.6) is 5.88 Å². The zero-order valence-electron chi connectivity index (χ0n) is 13.6. The Bertz CT molecular complexity index is 653. The van der Waals surface area contributed by atoms with Gasteiger partial charge in [-0.3, -0.25) is 0 Å². The number of rotatable bonds is 3. The van der Waals surface area contributed by atoms with E-state index in [9.17, 15) is 4.39 Å². The van der Waals surface area contributed by atoms with E-state index in [0.29, 0.717) is 5.56 Å². The number of ether oxygens (including phenoxy) is 2. The van der Waals surface area contributed by atoms with Gasteiger partial charge < -0.3 is 10.9 Å². The average molecular weight is 352 g/mol. The third-order valence-corrected chi connectivity index (χ3v) is 3.63. The minimum atomic E-state index is -0.490. The molecule has 1 unspecified atom stereocenters. The molecule has 0 radical (unpaired) electrons. The second-order valence-corrected chi connectivity index (χ2v) is 5.23. The zero-order chi connectivity index (χ0) is 14.8. The van der Waals surface area contributed by atoms with E-state index >= 15 is 0 Å². The van der Waals surface area contributed by atoms with Crippen LogP contribution < -0.4 is 56.1 Å². The van der Waals surface area contributed by atoms with Crippen molar-refractivity contribution < 1.29 is 66.7 Å². The molecule has 1 saturated heterocycles. The van der Waals surface area contributed by atoms with Gasteiger partial charge in [-0.05, 0) is 19.3 Å². The molecule has 0 bridgehead atoms. The summed E-state index contributed by atoms with van der Waals surface area (Å²) in [5.74, 6) is -0.347. The molecule has 0 aromatic carbocycles. The van der Waals surface area contributed by atoms with Gasteiger partial charge in [0.1, 0.15) is 17.2 Å². The minimum Gasteiger partial charge on any atom is -1.00 e. The van der Waals surface area contributed by atoms with E-state index in [1.165, 1.54) is 7.11 Å². The molecule has 0 saturated carbocycles. The quantitative estimate of drug-likeness (QED) is 0.599. The first-order valence-electron chi connectivity index (χ1n) is 6.75. The molecule has 1 aliphatic rings. The zero-order valence-corrected chi connectivity index (χ0v) is 16.4. The second kappa shape index (κ2) is 8.19. The largest absolute Gasteiger partial charge is 1.00 e. The van der Waals surface area contributed by atoms with Crippen molar-refractivity contribution >= 4 is 11.6 Å². The fourth-order valence-electron chi connectivity index (χ4n) is 2.43. The molecule has 2 aromatic rings. The standard InChI is InChI=1S/C14H15ClFN3O2.K.H/c1-20-14-13(10(16)6-11(15)18-14)9-7-17-19(8-9)12-4-2-3-5-21-12;;/h6-8,12H,2-5H2,1H3;;/q;+1;-1. The van der Waals surface area contributed by atoms with Crippen LogP contribution in [0.1, 0.15) is 26.9 Å². The van der Waals surface area contributed by atoms with Crippen molar-refractivity contribution in [3.8, 4) is 17.0 Å². The van der Waals surface area contributed by atoms with Gasteiger partial charge in [-0.15, -0.1) is 0 Å². The Hall–Kier alpha value is -0.0236. The summed E-state index contributed by atoms with van der Waals surface area (Å²) in [4.78, 5) is 3.99. The van der Waals surface area contributed by atoms with Crippen molar-refractivity contribution in [2.24, 2.45) is 0 Å². The van der Waals surface area contributed by atoms with Gasteiger partial charge in [0.15, 0.2) is 0 Å². The van der Waals surface area contributed by atoms with E-state index in [0.717, 1.165) is 31.9 Å². The maximum atomic E-state index is 14.2. The number of aromatic nitrogens is 3. The van der Waals surface area contributed by atoms with E-state index in [4.69, 9.17) is 21.1 Å². The molecule has 22 heavy (non-hydrogen) atoms. The van der Waals surface area contributed by atoms with Crippen molar-refractivity contribution in [3.63, 3.8) is 0 Å². The maximum absolute atomic E-state index is 14.2. The third kappa shape index (κ3) is 3.89.